The van der Waals surface area contributed by atoms with Crippen LogP contribution in [0.2, 0.25) is 0 Å². The largest absolute Gasteiger partial charge is 0.379 e. The van der Waals surface area contributed by atoms with Gasteiger partial charge in [0.1, 0.15) is 0 Å². The molecule has 1 fully saturated rings. The van der Waals surface area contributed by atoms with Crippen LogP contribution in [-0.2, 0) is 4.74 Å². The molecule has 1 rings (SSSR count). The molecule has 0 amide bonds. The summed E-state index contributed by atoms with van der Waals surface area (Å²) in [6.45, 7) is 13.0. The van der Waals surface area contributed by atoms with Crippen LogP contribution in [0.15, 0.2) is 0 Å². The van der Waals surface area contributed by atoms with Gasteiger partial charge in [0.05, 0.1) is 13.2 Å². The molecule has 0 bridgehead atoms. The van der Waals surface area contributed by atoms with Crippen molar-refractivity contribution < 1.29 is 4.74 Å². The van der Waals surface area contributed by atoms with Crippen molar-refractivity contribution in [1.82, 2.24) is 15.1 Å². The van der Waals surface area contributed by atoms with Gasteiger partial charge in [-0.05, 0) is 20.4 Å². The Morgan fingerprint density at radius 1 is 1.29 bits per heavy atom. The van der Waals surface area contributed by atoms with Gasteiger partial charge in [0.25, 0.3) is 0 Å². The molecule has 1 aliphatic rings. The van der Waals surface area contributed by atoms with Crippen molar-refractivity contribution in [1.29, 1.82) is 0 Å². The minimum absolute atomic E-state index is 0.691. The average molecular weight is 243 g/mol. The number of nitrogens with zero attached hydrogens (tertiary/aromatic N) is 2. The van der Waals surface area contributed by atoms with Crippen LogP contribution in [0.3, 0.4) is 0 Å². The maximum Gasteiger partial charge on any atom is 0.0594 e. The molecule has 0 radical (unpaired) electrons. The Morgan fingerprint density at radius 3 is 2.65 bits per heavy atom. The Bertz CT molecular complexity index is 180. The Labute approximate surface area is 106 Å². The second-order valence-electron chi connectivity index (χ2n) is 4.94. The third kappa shape index (κ3) is 6.36. The summed E-state index contributed by atoms with van der Waals surface area (Å²) in [5.41, 5.74) is 0. The molecule has 4 nitrogen and oxygen atoms in total. The highest BCUT2D eigenvalue weighted by molar-refractivity contribution is 4.65. The number of hydrogen-bond donors (Lipinski definition) is 1. The summed E-state index contributed by atoms with van der Waals surface area (Å²) < 4.78 is 5.33. The normalized spacial score (nSPS) is 19.8. The highest BCUT2D eigenvalue weighted by Crippen LogP contribution is 1.98. The van der Waals surface area contributed by atoms with Crippen LogP contribution < -0.4 is 5.32 Å². The molecule has 1 saturated heterocycles. The van der Waals surface area contributed by atoms with E-state index in [4.69, 9.17) is 4.74 Å². The van der Waals surface area contributed by atoms with Crippen molar-refractivity contribution in [3.63, 3.8) is 0 Å². The standard InChI is InChI=1S/C13H29N3O/c1-4-13(2)15(3)7-5-14-6-8-16-9-11-17-12-10-16/h13-14H,4-12H2,1-3H3. The maximum absolute atomic E-state index is 5.33. The molecule has 1 atom stereocenters. The number of hydrogen-bond acceptors (Lipinski definition) is 4. The summed E-state index contributed by atoms with van der Waals surface area (Å²) in [5, 5.41) is 3.52. The monoisotopic (exact) mass is 243 g/mol. The fourth-order valence-electron chi connectivity index (χ4n) is 1.97. The van der Waals surface area contributed by atoms with Crippen molar-refractivity contribution in [2.45, 2.75) is 26.3 Å². The van der Waals surface area contributed by atoms with E-state index in [1.54, 1.807) is 0 Å². The number of nitrogens with one attached hydrogen (secondary N) is 1. The minimum atomic E-state index is 0.691. The quantitative estimate of drug-likeness (QED) is 0.633. The van der Waals surface area contributed by atoms with Crippen molar-refractivity contribution in [3.05, 3.63) is 0 Å². The Kier molecular flexibility index (Phi) is 7.77. The molecule has 0 aromatic heterocycles. The molecule has 0 aromatic rings. The summed E-state index contributed by atoms with van der Waals surface area (Å²) in [6, 6.07) is 0.691. The minimum Gasteiger partial charge on any atom is -0.379 e. The number of rotatable bonds is 8. The van der Waals surface area contributed by atoms with E-state index in [-0.39, 0.29) is 0 Å². The molecule has 1 unspecified atom stereocenters. The van der Waals surface area contributed by atoms with Crippen molar-refractivity contribution >= 4 is 0 Å². The molecule has 1 N–H and O–H groups in total. The lowest BCUT2D eigenvalue weighted by atomic mass is 10.2. The van der Waals surface area contributed by atoms with Crippen LogP contribution in [0.25, 0.3) is 0 Å². The van der Waals surface area contributed by atoms with E-state index < -0.39 is 0 Å². The lowest BCUT2D eigenvalue weighted by Gasteiger charge is -2.27. The smallest absolute Gasteiger partial charge is 0.0594 e. The Hall–Kier alpha value is -0.160. The van der Waals surface area contributed by atoms with Crippen molar-refractivity contribution in [2.24, 2.45) is 0 Å². The second kappa shape index (κ2) is 8.86. The van der Waals surface area contributed by atoms with Gasteiger partial charge in [0, 0.05) is 45.3 Å². The Morgan fingerprint density at radius 2 is 2.00 bits per heavy atom. The van der Waals surface area contributed by atoms with Crippen LogP contribution in [-0.4, -0.2) is 75.4 Å². The predicted molar refractivity (Wildman–Crippen MR) is 72.5 cm³/mol. The summed E-state index contributed by atoms with van der Waals surface area (Å²) in [4.78, 5) is 4.89. The summed E-state index contributed by atoms with van der Waals surface area (Å²) in [7, 11) is 2.21. The lowest BCUT2D eigenvalue weighted by molar-refractivity contribution is 0.0384. The van der Waals surface area contributed by atoms with Crippen molar-refractivity contribution in [2.75, 3.05) is 59.5 Å². The van der Waals surface area contributed by atoms with E-state index >= 15 is 0 Å². The molecule has 0 spiro atoms. The third-order valence-electron chi connectivity index (χ3n) is 3.69. The van der Waals surface area contributed by atoms with E-state index in [0.29, 0.717) is 6.04 Å². The van der Waals surface area contributed by atoms with E-state index in [1.165, 1.54) is 6.42 Å². The van der Waals surface area contributed by atoms with Gasteiger partial charge in [-0.25, -0.2) is 0 Å². The molecule has 4 heteroatoms. The molecule has 17 heavy (non-hydrogen) atoms. The first-order chi connectivity index (χ1) is 8.24. The van der Waals surface area contributed by atoms with Crippen LogP contribution in [0.1, 0.15) is 20.3 Å². The summed E-state index contributed by atoms with van der Waals surface area (Å²) in [6.07, 6.45) is 1.23. The van der Waals surface area contributed by atoms with Crippen LogP contribution >= 0.6 is 0 Å². The third-order valence-corrected chi connectivity index (χ3v) is 3.69. The first kappa shape index (κ1) is 14.9. The van der Waals surface area contributed by atoms with E-state index in [0.717, 1.165) is 52.5 Å². The van der Waals surface area contributed by atoms with Gasteiger partial charge in [-0.2, -0.15) is 0 Å². The lowest BCUT2D eigenvalue weighted by Crippen LogP contribution is -2.41. The topological polar surface area (TPSA) is 27.7 Å². The fraction of sp³-hybridized carbons (Fsp3) is 1.00. The first-order valence-corrected chi connectivity index (χ1v) is 6.95. The summed E-state index contributed by atoms with van der Waals surface area (Å²) >= 11 is 0. The van der Waals surface area contributed by atoms with Gasteiger partial charge in [-0.1, -0.05) is 6.92 Å². The zero-order valence-electron chi connectivity index (χ0n) is 11.7. The zero-order chi connectivity index (χ0) is 12.5. The van der Waals surface area contributed by atoms with Crippen LogP contribution in [0, 0.1) is 0 Å². The van der Waals surface area contributed by atoms with E-state index in [1.807, 2.05) is 0 Å². The highest BCUT2D eigenvalue weighted by Gasteiger charge is 2.09. The van der Waals surface area contributed by atoms with Crippen LogP contribution in [0.5, 0.6) is 0 Å². The van der Waals surface area contributed by atoms with E-state index in [9.17, 15) is 0 Å². The summed E-state index contributed by atoms with van der Waals surface area (Å²) in [5.74, 6) is 0. The SMILES string of the molecule is CCC(C)N(C)CCNCCN1CCOCC1. The Balaban J connectivity index is 1.93. The number of likely N-dealkylation sites (N-methyl/N-ethyl adjacent to an activating group) is 1. The van der Waals surface area contributed by atoms with Gasteiger partial charge in [0.15, 0.2) is 0 Å². The predicted octanol–water partition coefficient (Wildman–Crippen LogP) is 0.639. The maximum atomic E-state index is 5.33. The molecular formula is C13H29N3O. The number of ether oxygens (including phenoxy) is 1. The zero-order valence-corrected chi connectivity index (χ0v) is 11.7. The van der Waals surface area contributed by atoms with Gasteiger partial charge in [-0.3, -0.25) is 4.90 Å². The highest BCUT2D eigenvalue weighted by atomic mass is 16.5. The molecule has 1 aliphatic heterocycles. The average Bonchev–Trinajstić information content (AvgIpc) is 2.38. The molecule has 0 aromatic carbocycles. The number of morpholine rings is 1. The molecule has 1 heterocycles. The fourth-order valence-corrected chi connectivity index (χ4v) is 1.97. The molecular weight excluding hydrogens is 214 g/mol. The van der Waals surface area contributed by atoms with Gasteiger partial charge in [-0.15, -0.1) is 0 Å². The van der Waals surface area contributed by atoms with Gasteiger partial charge < -0.3 is 15.0 Å². The second-order valence-corrected chi connectivity index (χ2v) is 4.94. The molecule has 0 saturated carbocycles. The van der Waals surface area contributed by atoms with Gasteiger partial charge in [0.2, 0.25) is 0 Å². The molecule has 102 valence electrons. The van der Waals surface area contributed by atoms with E-state index in [2.05, 4.69) is 36.0 Å². The first-order valence-electron chi connectivity index (χ1n) is 6.95. The van der Waals surface area contributed by atoms with Crippen LogP contribution in [0.4, 0.5) is 0 Å². The van der Waals surface area contributed by atoms with Crippen molar-refractivity contribution in [3.8, 4) is 0 Å². The molecule has 0 aliphatic carbocycles. The van der Waals surface area contributed by atoms with Gasteiger partial charge >= 0.3 is 0 Å².